The summed E-state index contributed by atoms with van der Waals surface area (Å²) in [5, 5.41) is 37.5. The molecule has 0 spiro atoms. The van der Waals surface area contributed by atoms with Gasteiger partial charge in [0.25, 0.3) is 0 Å². The molecule has 8 heteroatoms. The van der Waals surface area contributed by atoms with Gasteiger partial charge in [-0.05, 0) is 49.4 Å². The third-order valence-electron chi connectivity index (χ3n) is 6.41. The van der Waals surface area contributed by atoms with Gasteiger partial charge in [0.1, 0.15) is 0 Å². The molecule has 3 aliphatic carbocycles. The first kappa shape index (κ1) is 14.8. The molecule has 0 bridgehead atoms. The van der Waals surface area contributed by atoms with E-state index in [0.29, 0.717) is 12.8 Å². The minimum Gasteiger partial charge on any atom is -0.480 e. The molecule has 0 aromatic rings. The second-order valence-corrected chi connectivity index (χ2v) is 7.15. The van der Waals surface area contributed by atoms with Gasteiger partial charge in [-0.15, -0.1) is 0 Å². The molecule has 0 unspecified atom stereocenters. The van der Waals surface area contributed by atoms with E-state index < -0.39 is 45.5 Å². The standard InChI is InChI=1S/C14H16O8/c15-7(16)13(8(17)18)3-11-1-2-12(11,5-13)6-14(4-11,9(19)20)10(21)22/h1-6H2,(H,15,16)(H,17,18)(H,19,20)(H,21,22). The molecular formula is C14H16O8. The minimum absolute atomic E-state index is 0.188. The predicted molar refractivity (Wildman–Crippen MR) is 68.0 cm³/mol. The summed E-state index contributed by atoms with van der Waals surface area (Å²) in [5.74, 6) is -5.70. The van der Waals surface area contributed by atoms with Crippen LogP contribution in [0.15, 0.2) is 0 Å². The highest BCUT2D eigenvalue weighted by molar-refractivity contribution is 6.01. The van der Waals surface area contributed by atoms with Crippen LogP contribution in [0.5, 0.6) is 0 Å². The molecular weight excluding hydrogens is 296 g/mol. The average Bonchev–Trinajstić information content (AvgIpc) is 2.66. The molecule has 0 aromatic carbocycles. The molecule has 0 amide bonds. The van der Waals surface area contributed by atoms with Crippen molar-refractivity contribution >= 4 is 23.9 Å². The Kier molecular flexibility index (Phi) is 2.55. The third-order valence-corrected chi connectivity index (χ3v) is 6.41. The fourth-order valence-corrected chi connectivity index (χ4v) is 5.28. The van der Waals surface area contributed by atoms with Gasteiger partial charge in [0.05, 0.1) is 0 Å². The quantitative estimate of drug-likeness (QED) is 0.553. The molecule has 8 nitrogen and oxygen atoms in total. The van der Waals surface area contributed by atoms with Crippen molar-refractivity contribution in [1.29, 1.82) is 0 Å². The molecule has 0 atom stereocenters. The molecule has 3 rings (SSSR count). The summed E-state index contributed by atoms with van der Waals surface area (Å²) < 4.78 is 0. The van der Waals surface area contributed by atoms with Crippen LogP contribution >= 0.6 is 0 Å². The van der Waals surface area contributed by atoms with Crippen molar-refractivity contribution in [2.75, 3.05) is 0 Å². The normalized spacial score (nSPS) is 36.7. The number of hydrogen-bond donors (Lipinski definition) is 4. The highest BCUT2D eigenvalue weighted by atomic mass is 16.4. The molecule has 3 saturated carbocycles. The lowest BCUT2D eigenvalue weighted by Crippen LogP contribution is -2.42. The number of rotatable bonds is 4. The molecule has 0 heterocycles. The van der Waals surface area contributed by atoms with E-state index >= 15 is 0 Å². The van der Waals surface area contributed by atoms with E-state index in [2.05, 4.69) is 0 Å². The molecule has 3 aliphatic rings. The topological polar surface area (TPSA) is 149 Å². The van der Waals surface area contributed by atoms with Crippen molar-refractivity contribution < 1.29 is 39.6 Å². The molecule has 3 fully saturated rings. The Balaban J connectivity index is 2.06. The monoisotopic (exact) mass is 312 g/mol. The summed E-state index contributed by atoms with van der Waals surface area (Å²) in [6.45, 7) is 0. The Morgan fingerprint density at radius 2 is 0.773 bits per heavy atom. The smallest absolute Gasteiger partial charge is 0.321 e. The first-order chi connectivity index (χ1) is 10.1. The lowest BCUT2D eigenvalue weighted by atomic mass is 9.53. The first-order valence-electron chi connectivity index (χ1n) is 7.00. The van der Waals surface area contributed by atoms with Gasteiger partial charge in [-0.1, -0.05) is 0 Å². The summed E-state index contributed by atoms with van der Waals surface area (Å²) in [4.78, 5) is 46.1. The van der Waals surface area contributed by atoms with Crippen LogP contribution in [-0.4, -0.2) is 44.3 Å². The number of carbonyl (C=O) groups is 4. The van der Waals surface area contributed by atoms with Crippen molar-refractivity contribution in [1.82, 2.24) is 0 Å². The lowest BCUT2D eigenvalue weighted by molar-refractivity contribution is -0.166. The Morgan fingerprint density at radius 1 is 0.545 bits per heavy atom. The van der Waals surface area contributed by atoms with E-state index in [9.17, 15) is 39.6 Å². The summed E-state index contributed by atoms with van der Waals surface area (Å²) in [5.41, 5.74) is -5.47. The Labute approximate surface area is 124 Å². The Hall–Kier alpha value is -2.12. The number of carboxylic acids is 4. The first-order valence-corrected chi connectivity index (χ1v) is 7.00. The Morgan fingerprint density at radius 3 is 0.909 bits per heavy atom. The number of aliphatic carboxylic acids is 4. The summed E-state index contributed by atoms with van der Waals surface area (Å²) in [6, 6.07) is 0. The zero-order valence-electron chi connectivity index (χ0n) is 11.7. The maximum absolute atomic E-state index is 11.5. The molecule has 22 heavy (non-hydrogen) atoms. The second-order valence-electron chi connectivity index (χ2n) is 7.15. The van der Waals surface area contributed by atoms with Gasteiger partial charge >= 0.3 is 23.9 Å². The highest BCUT2D eigenvalue weighted by Crippen LogP contribution is 2.81. The van der Waals surface area contributed by atoms with Crippen molar-refractivity contribution in [3.8, 4) is 0 Å². The maximum atomic E-state index is 11.5. The predicted octanol–water partition coefficient (Wildman–Crippen LogP) is 0.652. The van der Waals surface area contributed by atoms with Crippen molar-refractivity contribution in [2.45, 2.75) is 38.5 Å². The van der Waals surface area contributed by atoms with E-state index in [1.165, 1.54) is 0 Å². The lowest BCUT2D eigenvalue weighted by Gasteiger charge is -2.51. The zero-order valence-corrected chi connectivity index (χ0v) is 11.7. The van der Waals surface area contributed by atoms with E-state index in [-0.39, 0.29) is 25.7 Å². The number of carboxylic acid groups (broad SMARTS) is 4. The van der Waals surface area contributed by atoms with E-state index in [4.69, 9.17) is 0 Å². The van der Waals surface area contributed by atoms with E-state index in [1.54, 1.807) is 0 Å². The average molecular weight is 312 g/mol. The van der Waals surface area contributed by atoms with Crippen LogP contribution in [-0.2, 0) is 19.2 Å². The van der Waals surface area contributed by atoms with E-state index in [0.717, 1.165) is 0 Å². The molecule has 0 aromatic heterocycles. The van der Waals surface area contributed by atoms with Crippen molar-refractivity contribution in [2.24, 2.45) is 21.7 Å². The maximum Gasteiger partial charge on any atom is 0.321 e. The largest absolute Gasteiger partial charge is 0.480 e. The second kappa shape index (κ2) is 3.80. The SMILES string of the molecule is O=C(O)C1(C(=O)O)CC23CCC2(C1)CC(C(=O)O)(C(=O)O)C3. The van der Waals surface area contributed by atoms with Crippen LogP contribution in [0.4, 0.5) is 0 Å². The van der Waals surface area contributed by atoms with Gasteiger partial charge in [0.2, 0.25) is 0 Å². The molecule has 0 radical (unpaired) electrons. The van der Waals surface area contributed by atoms with Gasteiger partial charge in [-0.3, -0.25) is 19.2 Å². The van der Waals surface area contributed by atoms with Gasteiger partial charge in [0.15, 0.2) is 10.8 Å². The van der Waals surface area contributed by atoms with E-state index in [1.807, 2.05) is 0 Å². The molecule has 120 valence electrons. The minimum atomic E-state index is -1.93. The summed E-state index contributed by atoms with van der Waals surface area (Å²) in [6.07, 6.45) is 0.217. The van der Waals surface area contributed by atoms with Gasteiger partial charge < -0.3 is 20.4 Å². The molecule has 0 aliphatic heterocycles. The fourth-order valence-electron chi connectivity index (χ4n) is 5.28. The van der Waals surface area contributed by atoms with Crippen LogP contribution in [0.2, 0.25) is 0 Å². The zero-order chi connectivity index (χ0) is 16.6. The highest BCUT2D eigenvalue weighted by Gasteiger charge is 2.80. The van der Waals surface area contributed by atoms with Gasteiger partial charge in [-0.25, -0.2) is 0 Å². The van der Waals surface area contributed by atoms with Crippen LogP contribution in [0.1, 0.15) is 38.5 Å². The van der Waals surface area contributed by atoms with Crippen LogP contribution < -0.4 is 0 Å². The third kappa shape index (κ3) is 1.33. The molecule has 4 N–H and O–H groups in total. The van der Waals surface area contributed by atoms with Crippen molar-refractivity contribution in [3.63, 3.8) is 0 Å². The van der Waals surface area contributed by atoms with Crippen LogP contribution in [0, 0.1) is 21.7 Å². The van der Waals surface area contributed by atoms with Crippen LogP contribution in [0.25, 0.3) is 0 Å². The fraction of sp³-hybridized carbons (Fsp3) is 0.714. The Bertz CT molecular complexity index is 520. The summed E-state index contributed by atoms with van der Waals surface area (Å²) in [7, 11) is 0. The van der Waals surface area contributed by atoms with Crippen LogP contribution in [0.3, 0.4) is 0 Å². The van der Waals surface area contributed by atoms with Gasteiger partial charge in [-0.2, -0.15) is 0 Å². The summed E-state index contributed by atoms with van der Waals surface area (Å²) >= 11 is 0. The van der Waals surface area contributed by atoms with Crippen molar-refractivity contribution in [3.05, 3.63) is 0 Å². The molecule has 0 saturated heterocycles. The van der Waals surface area contributed by atoms with Gasteiger partial charge in [0, 0.05) is 0 Å². The number of hydrogen-bond acceptors (Lipinski definition) is 4.